The topological polar surface area (TPSA) is 118 Å². The summed E-state index contributed by atoms with van der Waals surface area (Å²) in [6, 6.07) is 9.55. The smallest absolute Gasteiger partial charge is 0.231 e. The van der Waals surface area contributed by atoms with Crippen LogP contribution in [0, 0.1) is 5.92 Å². The van der Waals surface area contributed by atoms with Gasteiger partial charge in [0.1, 0.15) is 24.8 Å². The number of nitrogens with one attached hydrogen (secondary N) is 2. The molecule has 4 aromatic rings. The number of H-pyrrole nitrogens is 1. The Morgan fingerprint density at radius 1 is 1.17 bits per heavy atom. The molecule has 2 N–H and O–H groups in total. The van der Waals surface area contributed by atoms with Gasteiger partial charge in [0.15, 0.2) is 5.82 Å². The normalized spacial score (nSPS) is 16.8. The third-order valence-electron chi connectivity index (χ3n) is 5.04. The molecule has 10 nitrogen and oxygen atoms in total. The van der Waals surface area contributed by atoms with Crippen molar-refractivity contribution in [2.45, 2.75) is 12.8 Å². The van der Waals surface area contributed by atoms with E-state index in [1.54, 1.807) is 11.0 Å². The van der Waals surface area contributed by atoms with Gasteiger partial charge < -0.3 is 9.88 Å². The second kappa shape index (κ2) is 7.30. The van der Waals surface area contributed by atoms with Gasteiger partial charge in [-0.2, -0.15) is 5.10 Å². The predicted octanol–water partition coefficient (Wildman–Crippen LogP) is 1.79. The average molecular weight is 389 g/mol. The molecule has 1 aliphatic heterocycles. The van der Waals surface area contributed by atoms with E-state index in [1.165, 1.54) is 12.7 Å². The Morgan fingerprint density at radius 2 is 2.07 bits per heavy atom. The number of rotatable bonds is 4. The molecule has 10 heteroatoms. The summed E-state index contributed by atoms with van der Waals surface area (Å²) in [5, 5.41) is 7.02. The van der Waals surface area contributed by atoms with Gasteiger partial charge in [-0.3, -0.25) is 10.1 Å². The summed E-state index contributed by atoms with van der Waals surface area (Å²) in [6.07, 6.45) is 6.28. The van der Waals surface area contributed by atoms with Gasteiger partial charge in [0.2, 0.25) is 11.9 Å². The van der Waals surface area contributed by atoms with Crippen molar-refractivity contribution in [3.63, 3.8) is 0 Å². The molecular weight excluding hydrogens is 370 g/mol. The number of piperidine rings is 1. The SMILES string of the molecule is O=C(Nc1nc2ccccc2[nH]1)[C@H]1CCCN(c2cc(-n3cncn3)ncn2)C1. The zero-order valence-electron chi connectivity index (χ0n) is 15.6. The van der Waals surface area contributed by atoms with E-state index in [0.29, 0.717) is 18.3 Å². The summed E-state index contributed by atoms with van der Waals surface area (Å²) in [5.41, 5.74) is 1.73. The van der Waals surface area contributed by atoms with E-state index in [-0.39, 0.29) is 11.8 Å². The zero-order chi connectivity index (χ0) is 19.6. The molecule has 0 saturated carbocycles. The number of benzene rings is 1. The largest absolute Gasteiger partial charge is 0.356 e. The molecule has 1 aliphatic rings. The summed E-state index contributed by atoms with van der Waals surface area (Å²) in [7, 11) is 0. The first-order valence-electron chi connectivity index (χ1n) is 9.44. The first-order valence-corrected chi connectivity index (χ1v) is 9.44. The fraction of sp³-hybridized carbons (Fsp3) is 0.263. The van der Waals surface area contributed by atoms with Gasteiger partial charge >= 0.3 is 0 Å². The maximum atomic E-state index is 12.8. The molecule has 4 heterocycles. The Balaban J connectivity index is 1.30. The monoisotopic (exact) mass is 389 g/mol. The second-order valence-corrected chi connectivity index (χ2v) is 6.95. The van der Waals surface area contributed by atoms with E-state index in [9.17, 15) is 4.79 Å². The van der Waals surface area contributed by atoms with E-state index < -0.39 is 0 Å². The van der Waals surface area contributed by atoms with Crippen molar-refractivity contribution in [1.82, 2.24) is 34.7 Å². The van der Waals surface area contributed by atoms with Crippen LogP contribution in [-0.4, -0.2) is 53.7 Å². The molecule has 0 bridgehead atoms. The highest BCUT2D eigenvalue weighted by Crippen LogP contribution is 2.23. The lowest BCUT2D eigenvalue weighted by molar-refractivity contribution is -0.120. The van der Waals surface area contributed by atoms with Crippen LogP contribution in [0.5, 0.6) is 0 Å². The number of para-hydroxylation sites is 2. The quantitative estimate of drug-likeness (QED) is 0.546. The summed E-state index contributed by atoms with van der Waals surface area (Å²) >= 11 is 0. The Morgan fingerprint density at radius 3 is 2.93 bits per heavy atom. The molecule has 1 fully saturated rings. The van der Waals surface area contributed by atoms with Crippen molar-refractivity contribution in [1.29, 1.82) is 0 Å². The second-order valence-electron chi connectivity index (χ2n) is 6.95. The van der Waals surface area contributed by atoms with Crippen LogP contribution in [0.4, 0.5) is 11.8 Å². The summed E-state index contributed by atoms with van der Waals surface area (Å²) in [4.78, 5) is 35.1. The van der Waals surface area contributed by atoms with Crippen molar-refractivity contribution < 1.29 is 4.79 Å². The average Bonchev–Trinajstić information content (AvgIpc) is 3.43. The fourth-order valence-corrected chi connectivity index (χ4v) is 3.59. The van der Waals surface area contributed by atoms with E-state index in [4.69, 9.17) is 0 Å². The summed E-state index contributed by atoms with van der Waals surface area (Å²) in [5.74, 6) is 1.69. The van der Waals surface area contributed by atoms with Crippen molar-refractivity contribution in [2.24, 2.45) is 5.92 Å². The van der Waals surface area contributed by atoms with Crippen LogP contribution >= 0.6 is 0 Å². The molecular formula is C19H19N9O. The number of hydrogen-bond donors (Lipinski definition) is 2. The van der Waals surface area contributed by atoms with Gasteiger partial charge in [0, 0.05) is 19.2 Å². The third-order valence-corrected chi connectivity index (χ3v) is 5.04. The lowest BCUT2D eigenvalue weighted by Crippen LogP contribution is -2.41. The van der Waals surface area contributed by atoms with E-state index in [0.717, 1.165) is 36.2 Å². The van der Waals surface area contributed by atoms with Crippen LogP contribution in [0.3, 0.4) is 0 Å². The summed E-state index contributed by atoms with van der Waals surface area (Å²) < 4.78 is 1.58. The van der Waals surface area contributed by atoms with Crippen LogP contribution in [-0.2, 0) is 4.79 Å². The molecule has 3 aromatic heterocycles. The standard InChI is InChI=1S/C19H19N9O/c29-18(26-19-24-14-5-1-2-6-15(14)25-19)13-4-3-7-27(9-13)16-8-17(22-11-21-16)28-12-20-10-23-28/h1-2,5-6,8,10-13H,3-4,7,9H2,(H2,24,25,26,29)/t13-/m0/s1. The van der Waals surface area contributed by atoms with Gasteiger partial charge in [0.05, 0.1) is 17.0 Å². The van der Waals surface area contributed by atoms with E-state index in [2.05, 4.69) is 40.2 Å². The van der Waals surface area contributed by atoms with Gasteiger partial charge in [-0.05, 0) is 25.0 Å². The number of imidazole rings is 1. The maximum absolute atomic E-state index is 12.8. The minimum Gasteiger partial charge on any atom is -0.356 e. The molecule has 5 rings (SSSR count). The minimum atomic E-state index is -0.151. The predicted molar refractivity (Wildman–Crippen MR) is 107 cm³/mol. The number of carbonyl (C=O) groups excluding carboxylic acids is 1. The van der Waals surface area contributed by atoms with Gasteiger partial charge in [-0.1, -0.05) is 12.1 Å². The van der Waals surface area contributed by atoms with Gasteiger partial charge in [-0.25, -0.2) is 24.6 Å². The number of aromatic amines is 1. The number of fused-ring (bicyclic) bond motifs is 1. The highest BCUT2D eigenvalue weighted by atomic mass is 16.2. The molecule has 29 heavy (non-hydrogen) atoms. The van der Waals surface area contributed by atoms with E-state index >= 15 is 0 Å². The maximum Gasteiger partial charge on any atom is 0.231 e. The first kappa shape index (κ1) is 17.3. The molecule has 0 spiro atoms. The van der Waals surface area contributed by atoms with Crippen LogP contribution in [0.15, 0.2) is 49.3 Å². The van der Waals surface area contributed by atoms with Gasteiger partial charge in [-0.15, -0.1) is 0 Å². The minimum absolute atomic E-state index is 0.0423. The first-order chi connectivity index (χ1) is 14.3. The Labute approximate surface area is 166 Å². The number of anilines is 2. The van der Waals surface area contributed by atoms with Crippen molar-refractivity contribution >= 4 is 28.7 Å². The number of nitrogens with zero attached hydrogens (tertiary/aromatic N) is 7. The number of aromatic nitrogens is 7. The van der Waals surface area contributed by atoms with Crippen molar-refractivity contribution in [2.75, 3.05) is 23.3 Å². The molecule has 0 radical (unpaired) electrons. The highest BCUT2D eigenvalue weighted by molar-refractivity contribution is 5.93. The van der Waals surface area contributed by atoms with Crippen LogP contribution in [0.2, 0.25) is 0 Å². The number of amides is 1. The molecule has 1 atom stereocenters. The van der Waals surface area contributed by atoms with Crippen LogP contribution < -0.4 is 10.2 Å². The summed E-state index contributed by atoms with van der Waals surface area (Å²) in [6.45, 7) is 1.42. The lowest BCUT2D eigenvalue weighted by Gasteiger charge is -2.32. The van der Waals surface area contributed by atoms with Crippen LogP contribution in [0.25, 0.3) is 16.9 Å². The fourth-order valence-electron chi connectivity index (χ4n) is 3.59. The number of carbonyl (C=O) groups is 1. The Kier molecular flexibility index (Phi) is 4.35. The zero-order valence-corrected chi connectivity index (χ0v) is 15.6. The third kappa shape index (κ3) is 3.51. The molecule has 1 saturated heterocycles. The molecule has 146 valence electrons. The van der Waals surface area contributed by atoms with Gasteiger partial charge in [0.25, 0.3) is 0 Å². The molecule has 1 amide bonds. The number of hydrogen-bond acceptors (Lipinski definition) is 7. The van der Waals surface area contributed by atoms with Crippen LogP contribution in [0.1, 0.15) is 12.8 Å². The highest BCUT2D eigenvalue weighted by Gasteiger charge is 2.27. The Bertz CT molecular complexity index is 1100. The molecule has 0 aliphatic carbocycles. The molecule has 0 unspecified atom stereocenters. The molecule has 1 aromatic carbocycles. The van der Waals surface area contributed by atoms with Crippen molar-refractivity contribution in [3.8, 4) is 5.82 Å². The Hall–Kier alpha value is -3.82. The van der Waals surface area contributed by atoms with Crippen molar-refractivity contribution in [3.05, 3.63) is 49.3 Å². The lowest BCUT2D eigenvalue weighted by atomic mass is 9.97. The van der Waals surface area contributed by atoms with E-state index in [1.807, 2.05) is 30.3 Å².